The number of pyridine rings is 1. The Morgan fingerprint density at radius 1 is 1.56 bits per heavy atom. The molecule has 0 spiro atoms. The molecule has 0 aromatic carbocycles. The average Bonchev–Trinajstić information content (AvgIpc) is 2.15. The zero-order valence-electron chi connectivity index (χ0n) is 9.65. The lowest BCUT2D eigenvalue weighted by Gasteiger charge is -2.19. The number of carbonyl (C=O) groups is 1. The molecule has 1 aromatic heterocycles. The summed E-state index contributed by atoms with van der Waals surface area (Å²) in [7, 11) is 0. The van der Waals surface area contributed by atoms with Crippen LogP contribution in [-0.2, 0) is 10.5 Å². The first-order valence-corrected chi connectivity index (χ1v) is 5.60. The molecule has 0 aliphatic carbocycles. The van der Waals surface area contributed by atoms with Gasteiger partial charge in [-0.15, -0.1) is 0 Å². The standard InChI is InChI=1S/C11H16N2O2S/c1-11(2,3)15-10(14)13-9-8(7-16)5-4-6-12-9/h4-6,16H,7H2,1-3H3,(H,12,13,14). The van der Waals surface area contributed by atoms with E-state index in [9.17, 15) is 4.79 Å². The number of nitrogens with zero attached hydrogens (tertiary/aromatic N) is 1. The normalized spacial score (nSPS) is 11.0. The van der Waals surface area contributed by atoms with Crippen LogP contribution in [0.1, 0.15) is 26.3 Å². The first-order chi connectivity index (χ1) is 7.42. The number of anilines is 1. The maximum absolute atomic E-state index is 11.5. The number of thiol groups is 1. The first-order valence-electron chi connectivity index (χ1n) is 4.97. The van der Waals surface area contributed by atoms with Crippen molar-refractivity contribution in [2.24, 2.45) is 0 Å². The van der Waals surface area contributed by atoms with Crippen molar-refractivity contribution in [2.45, 2.75) is 32.1 Å². The largest absolute Gasteiger partial charge is 0.444 e. The van der Waals surface area contributed by atoms with Gasteiger partial charge in [-0.25, -0.2) is 9.78 Å². The molecule has 0 bridgehead atoms. The number of hydrogen-bond donors (Lipinski definition) is 2. The van der Waals surface area contributed by atoms with E-state index in [1.807, 2.05) is 26.8 Å². The topological polar surface area (TPSA) is 51.2 Å². The molecule has 0 aliphatic rings. The van der Waals surface area contributed by atoms with Crippen LogP contribution in [0.3, 0.4) is 0 Å². The van der Waals surface area contributed by atoms with E-state index in [1.165, 1.54) is 0 Å². The summed E-state index contributed by atoms with van der Waals surface area (Å²) in [6.07, 6.45) is 1.11. The van der Waals surface area contributed by atoms with Crippen LogP contribution in [0.5, 0.6) is 0 Å². The van der Waals surface area contributed by atoms with Crippen LogP contribution in [0.4, 0.5) is 10.6 Å². The van der Waals surface area contributed by atoms with Crippen molar-refractivity contribution in [1.29, 1.82) is 0 Å². The molecule has 0 atom stereocenters. The number of rotatable bonds is 2. The summed E-state index contributed by atoms with van der Waals surface area (Å²) in [5, 5.41) is 2.60. The summed E-state index contributed by atoms with van der Waals surface area (Å²) in [5.41, 5.74) is 0.344. The van der Waals surface area contributed by atoms with E-state index in [0.717, 1.165) is 5.56 Å². The van der Waals surface area contributed by atoms with E-state index >= 15 is 0 Å². The molecule has 0 saturated heterocycles. The Labute approximate surface area is 101 Å². The minimum absolute atomic E-state index is 0.492. The van der Waals surface area contributed by atoms with Crippen LogP contribution in [0.25, 0.3) is 0 Å². The molecule has 4 nitrogen and oxygen atoms in total. The Kier molecular flexibility index (Phi) is 4.18. The zero-order chi connectivity index (χ0) is 12.2. The summed E-state index contributed by atoms with van der Waals surface area (Å²) in [6.45, 7) is 5.43. The van der Waals surface area contributed by atoms with Crippen molar-refractivity contribution in [3.63, 3.8) is 0 Å². The summed E-state index contributed by atoms with van der Waals surface area (Å²) in [6, 6.07) is 3.65. The molecule has 1 rings (SSSR count). The summed E-state index contributed by atoms with van der Waals surface area (Å²) in [5.74, 6) is 1.01. The Bertz CT molecular complexity index is 374. The molecule has 0 aliphatic heterocycles. The van der Waals surface area contributed by atoms with Crippen LogP contribution < -0.4 is 5.32 Å². The molecule has 0 unspecified atom stereocenters. The molecule has 0 fully saturated rings. The van der Waals surface area contributed by atoms with E-state index in [2.05, 4.69) is 22.9 Å². The smallest absolute Gasteiger partial charge is 0.413 e. The van der Waals surface area contributed by atoms with Crippen molar-refractivity contribution in [1.82, 2.24) is 4.98 Å². The maximum Gasteiger partial charge on any atom is 0.413 e. The lowest BCUT2D eigenvalue weighted by molar-refractivity contribution is 0.0635. The molecular weight excluding hydrogens is 224 g/mol. The predicted octanol–water partition coefficient (Wildman–Crippen LogP) is 2.86. The highest BCUT2D eigenvalue weighted by Gasteiger charge is 2.17. The van der Waals surface area contributed by atoms with Crippen LogP contribution in [0.2, 0.25) is 0 Å². The van der Waals surface area contributed by atoms with Gasteiger partial charge in [-0.1, -0.05) is 6.07 Å². The fourth-order valence-corrected chi connectivity index (χ4v) is 1.33. The minimum Gasteiger partial charge on any atom is -0.444 e. The van der Waals surface area contributed by atoms with Gasteiger partial charge in [0.2, 0.25) is 0 Å². The molecule has 5 heteroatoms. The van der Waals surface area contributed by atoms with Gasteiger partial charge in [0.25, 0.3) is 0 Å². The molecule has 1 aromatic rings. The lowest BCUT2D eigenvalue weighted by Crippen LogP contribution is -2.27. The zero-order valence-corrected chi connectivity index (χ0v) is 10.5. The van der Waals surface area contributed by atoms with E-state index in [0.29, 0.717) is 11.6 Å². The Morgan fingerprint density at radius 3 is 2.81 bits per heavy atom. The summed E-state index contributed by atoms with van der Waals surface area (Å²) < 4.78 is 5.13. The lowest BCUT2D eigenvalue weighted by atomic mass is 10.2. The van der Waals surface area contributed by atoms with Gasteiger partial charge < -0.3 is 4.74 Å². The predicted molar refractivity (Wildman–Crippen MR) is 66.8 cm³/mol. The number of hydrogen-bond acceptors (Lipinski definition) is 4. The van der Waals surface area contributed by atoms with Gasteiger partial charge in [-0.05, 0) is 26.8 Å². The van der Waals surface area contributed by atoms with Crippen molar-refractivity contribution >= 4 is 24.5 Å². The molecule has 0 saturated carbocycles. The third-order valence-electron chi connectivity index (χ3n) is 1.68. The van der Waals surface area contributed by atoms with E-state index in [1.54, 1.807) is 12.3 Å². The number of amides is 1. The maximum atomic E-state index is 11.5. The SMILES string of the molecule is CC(C)(C)OC(=O)Nc1ncccc1CS. The number of aromatic nitrogens is 1. The Morgan fingerprint density at radius 2 is 2.25 bits per heavy atom. The summed E-state index contributed by atoms with van der Waals surface area (Å²) in [4.78, 5) is 15.6. The van der Waals surface area contributed by atoms with Crippen molar-refractivity contribution in [3.05, 3.63) is 23.9 Å². The number of nitrogens with one attached hydrogen (secondary N) is 1. The highest BCUT2D eigenvalue weighted by Crippen LogP contribution is 2.15. The second kappa shape index (κ2) is 5.21. The van der Waals surface area contributed by atoms with Gasteiger partial charge in [0.05, 0.1) is 0 Å². The molecule has 16 heavy (non-hydrogen) atoms. The van der Waals surface area contributed by atoms with E-state index in [-0.39, 0.29) is 0 Å². The van der Waals surface area contributed by atoms with Crippen molar-refractivity contribution < 1.29 is 9.53 Å². The molecule has 1 heterocycles. The molecular formula is C11H16N2O2S. The van der Waals surface area contributed by atoms with E-state index in [4.69, 9.17) is 4.74 Å². The van der Waals surface area contributed by atoms with Gasteiger partial charge >= 0.3 is 6.09 Å². The quantitative estimate of drug-likeness (QED) is 0.781. The molecule has 1 N–H and O–H groups in total. The second-order valence-electron chi connectivity index (χ2n) is 4.30. The third kappa shape index (κ3) is 4.10. The monoisotopic (exact) mass is 240 g/mol. The Balaban J connectivity index is 2.70. The number of ether oxygens (including phenoxy) is 1. The number of carbonyl (C=O) groups excluding carboxylic acids is 1. The van der Waals surface area contributed by atoms with Gasteiger partial charge in [0, 0.05) is 17.5 Å². The van der Waals surface area contributed by atoms with Crippen LogP contribution in [-0.4, -0.2) is 16.7 Å². The van der Waals surface area contributed by atoms with Crippen molar-refractivity contribution in [3.8, 4) is 0 Å². The van der Waals surface area contributed by atoms with Gasteiger partial charge in [0.1, 0.15) is 11.4 Å². The molecule has 88 valence electrons. The third-order valence-corrected chi connectivity index (χ3v) is 2.02. The highest BCUT2D eigenvalue weighted by atomic mass is 32.1. The van der Waals surface area contributed by atoms with Crippen LogP contribution in [0.15, 0.2) is 18.3 Å². The first kappa shape index (κ1) is 12.8. The van der Waals surface area contributed by atoms with Gasteiger partial charge in [-0.3, -0.25) is 5.32 Å². The molecule has 0 radical (unpaired) electrons. The van der Waals surface area contributed by atoms with Crippen LogP contribution in [0, 0.1) is 0 Å². The van der Waals surface area contributed by atoms with E-state index < -0.39 is 11.7 Å². The fraction of sp³-hybridized carbons (Fsp3) is 0.455. The summed E-state index contributed by atoms with van der Waals surface area (Å²) >= 11 is 4.16. The van der Waals surface area contributed by atoms with Crippen LogP contribution >= 0.6 is 12.6 Å². The fourth-order valence-electron chi connectivity index (χ4n) is 1.08. The second-order valence-corrected chi connectivity index (χ2v) is 4.61. The molecule has 1 amide bonds. The average molecular weight is 240 g/mol. The Hall–Kier alpha value is -1.23. The van der Waals surface area contributed by atoms with Gasteiger partial charge in [-0.2, -0.15) is 12.6 Å². The minimum atomic E-state index is -0.514. The van der Waals surface area contributed by atoms with Crippen molar-refractivity contribution in [2.75, 3.05) is 5.32 Å². The highest BCUT2D eigenvalue weighted by molar-refractivity contribution is 7.79. The van der Waals surface area contributed by atoms with Gasteiger partial charge in [0.15, 0.2) is 0 Å².